The Morgan fingerprint density at radius 3 is 2.68 bits per heavy atom. The van der Waals surface area contributed by atoms with Crippen LogP contribution < -0.4 is 15.8 Å². The Kier molecular flexibility index (Phi) is 4.64. The number of rotatable bonds is 5. The van der Waals surface area contributed by atoms with Crippen LogP contribution in [0, 0.1) is 0 Å². The Morgan fingerprint density at radius 2 is 1.96 bits per heavy atom. The number of carbonyl (C=O) groups is 1. The standard InChI is InChI=1S/C17H15BN2O5/c1-20-16(19-14-7-3-2-5-11(14)17(20)22)10-25-15-8-4-6-13(18(23)24)12(15)9-21/h2-9,23-24H,10H2,1H3. The summed E-state index contributed by atoms with van der Waals surface area (Å²) in [6, 6.07) is 11.5. The predicted octanol–water partition coefficient (Wildman–Crippen LogP) is 0.00480. The van der Waals surface area contributed by atoms with Crippen molar-refractivity contribution < 1.29 is 19.6 Å². The molecule has 0 radical (unpaired) electrons. The van der Waals surface area contributed by atoms with Crippen molar-refractivity contribution >= 4 is 29.8 Å². The highest BCUT2D eigenvalue weighted by Crippen LogP contribution is 2.16. The molecule has 3 rings (SSSR count). The maximum atomic E-state index is 12.4. The third-order valence-electron chi connectivity index (χ3n) is 3.93. The zero-order chi connectivity index (χ0) is 18.0. The Balaban J connectivity index is 1.96. The molecular weight excluding hydrogens is 323 g/mol. The Labute approximate surface area is 143 Å². The first-order valence-electron chi connectivity index (χ1n) is 7.54. The van der Waals surface area contributed by atoms with Crippen LogP contribution in [0.25, 0.3) is 10.9 Å². The first-order valence-corrected chi connectivity index (χ1v) is 7.54. The molecule has 2 N–H and O–H groups in total. The third kappa shape index (κ3) is 3.17. The minimum atomic E-state index is -1.79. The highest BCUT2D eigenvalue weighted by Gasteiger charge is 2.19. The first kappa shape index (κ1) is 16.9. The zero-order valence-electron chi connectivity index (χ0n) is 13.4. The average molecular weight is 338 g/mol. The maximum absolute atomic E-state index is 12.4. The highest BCUT2D eigenvalue weighted by molar-refractivity contribution is 6.60. The monoisotopic (exact) mass is 338 g/mol. The van der Waals surface area contributed by atoms with Crippen LogP contribution in [0.2, 0.25) is 0 Å². The van der Waals surface area contributed by atoms with Crippen LogP contribution in [-0.2, 0) is 13.7 Å². The summed E-state index contributed by atoms with van der Waals surface area (Å²) in [6.45, 7) is -0.0532. The molecule has 0 bridgehead atoms. The van der Waals surface area contributed by atoms with E-state index in [1.807, 2.05) is 0 Å². The molecule has 0 saturated carbocycles. The summed E-state index contributed by atoms with van der Waals surface area (Å²) < 4.78 is 7.00. The first-order chi connectivity index (χ1) is 12.0. The van der Waals surface area contributed by atoms with E-state index in [1.165, 1.54) is 16.7 Å². The number of benzene rings is 2. The summed E-state index contributed by atoms with van der Waals surface area (Å²) in [5.41, 5.74) is 0.454. The predicted molar refractivity (Wildman–Crippen MR) is 93.0 cm³/mol. The molecule has 126 valence electrons. The molecule has 7 nitrogen and oxygen atoms in total. The van der Waals surface area contributed by atoms with Gasteiger partial charge in [0.15, 0.2) is 6.29 Å². The number of carbonyl (C=O) groups excluding carboxylic acids is 1. The molecule has 2 aromatic carbocycles. The van der Waals surface area contributed by atoms with Gasteiger partial charge in [-0.1, -0.05) is 24.3 Å². The molecule has 0 amide bonds. The second kappa shape index (κ2) is 6.88. The Hall–Kier alpha value is -2.97. The van der Waals surface area contributed by atoms with Crippen molar-refractivity contribution in [3.8, 4) is 5.75 Å². The van der Waals surface area contributed by atoms with Crippen molar-refractivity contribution in [3.63, 3.8) is 0 Å². The van der Waals surface area contributed by atoms with Crippen LogP contribution in [0.15, 0.2) is 47.3 Å². The van der Waals surface area contributed by atoms with E-state index in [4.69, 9.17) is 4.74 Å². The van der Waals surface area contributed by atoms with Crippen LogP contribution in [0.4, 0.5) is 0 Å². The molecule has 8 heteroatoms. The minimum absolute atomic E-state index is 0.0447. The van der Waals surface area contributed by atoms with Gasteiger partial charge in [0.2, 0.25) is 0 Å². The fraction of sp³-hybridized carbons (Fsp3) is 0.118. The molecule has 0 aliphatic carbocycles. The average Bonchev–Trinajstić information content (AvgIpc) is 2.63. The van der Waals surface area contributed by atoms with Crippen molar-refractivity contribution in [1.29, 1.82) is 0 Å². The summed E-state index contributed by atoms with van der Waals surface area (Å²) in [6.07, 6.45) is 0.497. The Bertz CT molecular complexity index is 1000. The van der Waals surface area contributed by atoms with Crippen LogP contribution in [0.3, 0.4) is 0 Å². The molecule has 0 aliphatic rings. The van der Waals surface area contributed by atoms with E-state index >= 15 is 0 Å². The van der Waals surface area contributed by atoms with Crippen molar-refractivity contribution in [2.75, 3.05) is 0 Å². The van der Waals surface area contributed by atoms with Gasteiger partial charge in [0.25, 0.3) is 5.56 Å². The second-order valence-corrected chi connectivity index (χ2v) is 5.45. The van der Waals surface area contributed by atoms with Gasteiger partial charge >= 0.3 is 7.12 Å². The topological polar surface area (TPSA) is 102 Å². The number of aldehydes is 1. The quantitative estimate of drug-likeness (QED) is 0.502. The van der Waals surface area contributed by atoms with Crippen molar-refractivity contribution in [2.24, 2.45) is 7.05 Å². The number of nitrogens with zero attached hydrogens (tertiary/aromatic N) is 2. The fourth-order valence-electron chi connectivity index (χ4n) is 2.57. The minimum Gasteiger partial charge on any atom is -0.485 e. The molecule has 1 aromatic heterocycles. The van der Waals surface area contributed by atoms with E-state index in [-0.39, 0.29) is 28.9 Å². The lowest BCUT2D eigenvalue weighted by Gasteiger charge is -2.13. The largest absolute Gasteiger partial charge is 0.489 e. The van der Waals surface area contributed by atoms with E-state index in [2.05, 4.69) is 4.98 Å². The van der Waals surface area contributed by atoms with Crippen molar-refractivity contribution in [3.05, 3.63) is 64.2 Å². The summed E-state index contributed by atoms with van der Waals surface area (Å²) >= 11 is 0. The molecular formula is C17H15BN2O5. The van der Waals surface area contributed by atoms with Gasteiger partial charge in [-0.3, -0.25) is 14.2 Å². The van der Waals surface area contributed by atoms with Gasteiger partial charge in [-0.2, -0.15) is 0 Å². The zero-order valence-corrected chi connectivity index (χ0v) is 13.4. The molecule has 0 aliphatic heterocycles. The second-order valence-electron chi connectivity index (χ2n) is 5.45. The summed E-state index contributed by atoms with van der Waals surface area (Å²) in [5.74, 6) is 0.568. The maximum Gasteiger partial charge on any atom is 0.489 e. The molecule has 0 atom stereocenters. The van der Waals surface area contributed by atoms with Crippen LogP contribution in [-0.4, -0.2) is 33.0 Å². The summed E-state index contributed by atoms with van der Waals surface area (Å²) in [7, 11) is -0.193. The van der Waals surface area contributed by atoms with Gasteiger partial charge < -0.3 is 14.8 Å². The van der Waals surface area contributed by atoms with E-state index in [0.29, 0.717) is 23.0 Å². The fourth-order valence-corrected chi connectivity index (χ4v) is 2.57. The summed E-state index contributed by atoms with van der Waals surface area (Å²) in [4.78, 5) is 28.1. The molecule has 0 saturated heterocycles. The van der Waals surface area contributed by atoms with Gasteiger partial charge in [0, 0.05) is 7.05 Å². The number of ether oxygens (including phenoxy) is 1. The van der Waals surface area contributed by atoms with Crippen LogP contribution in [0.5, 0.6) is 5.75 Å². The van der Waals surface area contributed by atoms with E-state index in [1.54, 1.807) is 37.4 Å². The molecule has 3 aromatic rings. The highest BCUT2D eigenvalue weighted by atomic mass is 16.5. The molecule has 0 spiro atoms. The lowest BCUT2D eigenvalue weighted by molar-refractivity contribution is 0.111. The Morgan fingerprint density at radius 1 is 1.20 bits per heavy atom. The third-order valence-corrected chi connectivity index (χ3v) is 3.93. The summed E-state index contributed by atoms with van der Waals surface area (Å²) in [5, 5.41) is 19.2. The van der Waals surface area contributed by atoms with Gasteiger partial charge in [0.1, 0.15) is 18.2 Å². The van der Waals surface area contributed by atoms with E-state index in [0.717, 1.165) is 0 Å². The van der Waals surface area contributed by atoms with Gasteiger partial charge in [-0.05, 0) is 23.7 Å². The van der Waals surface area contributed by atoms with E-state index in [9.17, 15) is 19.6 Å². The van der Waals surface area contributed by atoms with E-state index < -0.39 is 7.12 Å². The molecule has 25 heavy (non-hydrogen) atoms. The van der Waals surface area contributed by atoms with Crippen molar-refractivity contribution in [1.82, 2.24) is 9.55 Å². The van der Waals surface area contributed by atoms with Gasteiger partial charge in [-0.25, -0.2) is 4.98 Å². The number of hydrogen-bond acceptors (Lipinski definition) is 6. The molecule has 0 fully saturated rings. The number of aromatic nitrogens is 2. The molecule has 1 heterocycles. The SMILES string of the molecule is Cn1c(COc2cccc(B(O)O)c2C=O)nc2ccccc2c1=O. The number of hydrogen-bond donors (Lipinski definition) is 2. The van der Waals surface area contributed by atoms with Gasteiger partial charge in [-0.15, -0.1) is 0 Å². The number of fused-ring (bicyclic) bond motifs is 1. The normalized spacial score (nSPS) is 10.7. The van der Waals surface area contributed by atoms with Crippen molar-refractivity contribution in [2.45, 2.75) is 6.61 Å². The smallest absolute Gasteiger partial charge is 0.485 e. The van der Waals surface area contributed by atoms with Crippen LogP contribution in [0.1, 0.15) is 16.2 Å². The van der Waals surface area contributed by atoms with Crippen LogP contribution >= 0.6 is 0 Å². The lowest BCUT2D eigenvalue weighted by Crippen LogP contribution is -2.33. The van der Waals surface area contributed by atoms with Gasteiger partial charge in [0.05, 0.1) is 16.5 Å². The lowest BCUT2D eigenvalue weighted by atomic mass is 9.77. The number of para-hydroxylation sites is 1. The molecule has 0 unspecified atom stereocenters.